The highest BCUT2D eigenvalue weighted by Gasteiger charge is 2.38. The van der Waals surface area contributed by atoms with Gasteiger partial charge in [-0.25, -0.2) is 19.2 Å². The number of aliphatic hydroxyl groups is 2. The average Bonchev–Trinajstić information content (AvgIpc) is 3.26. The minimum Gasteiger partial charge on any atom is -0.478 e. The Bertz CT molecular complexity index is 2130. The lowest BCUT2D eigenvalue weighted by molar-refractivity contribution is 0.0116. The van der Waals surface area contributed by atoms with Crippen molar-refractivity contribution in [3.8, 4) is 0 Å². The van der Waals surface area contributed by atoms with E-state index >= 15 is 0 Å². The molecule has 0 radical (unpaired) electrons. The Labute approximate surface area is 346 Å². The summed E-state index contributed by atoms with van der Waals surface area (Å²) >= 11 is 0. The maximum atomic E-state index is 13.5. The van der Waals surface area contributed by atoms with Gasteiger partial charge in [-0.15, -0.1) is 0 Å². The molecule has 4 N–H and O–H groups in total. The third-order valence-corrected chi connectivity index (χ3v) is 11.4. The molecule has 0 spiro atoms. The molecule has 0 aliphatic heterocycles. The van der Waals surface area contributed by atoms with Crippen molar-refractivity contribution in [3.63, 3.8) is 0 Å². The van der Waals surface area contributed by atoms with Crippen LogP contribution in [0.5, 0.6) is 0 Å². The zero-order valence-corrected chi connectivity index (χ0v) is 32.9. The van der Waals surface area contributed by atoms with E-state index in [4.69, 9.17) is 9.47 Å². The number of ketones is 3. The third kappa shape index (κ3) is 9.92. The van der Waals surface area contributed by atoms with Crippen molar-refractivity contribution in [2.24, 2.45) is 0 Å². The van der Waals surface area contributed by atoms with E-state index in [2.05, 4.69) is 0 Å². The molecular formula is C47H46O13. The van der Waals surface area contributed by atoms with Gasteiger partial charge in [-0.05, 0) is 61.1 Å². The first-order valence-electron chi connectivity index (χ1n) is 20.0. The molecule has 0 aromatic heterocycles. The summed E-state index contributed by atoms with van der Waals surface area (Å²) in [6.45, 7) is -0.243. The number of ether oxygens (including phenoxy) is 2. The van der Waals surface area contributed by atoms with Crippen LogP contribution in [0.4, 0.5) is 0 Å². The highest BCUT2D eigenvalue weighted by atomic mass is 16.5. The summed E-state index contributed by atoms with van der Waals surface area (Å²) in [5.41, 5.74) is -2.46. The molecule has 6 rings (SSSR count). The molecule has 2 saturated carbocycles. The standard InChI is InChI=1S/C47H46O13/c48-39(33-15-17-35(37(27-33)42(51)52)44(55)59-25-19-29-7-11-31(12-8-29)40(49)46(57)21-3-1-4-22-46)34-16-18-36(38(28-34)43(53)54)45(56)60-26-20-30-9-13-32(14-10-30)41(50)47(58)23-5-2-6-24-47/h7-18,27-28,57-58H,1-6,19-26H2,(H,51,52)(H,53,54). The van der Waals surface area contributed by atoms with Gasteiger partial charge in [0.15, 0.2) is 17.3 Å². The number of rotatable bonds is 16. The number of carbonyl (C=O) groups excluding carboxylic acids is 5. The lowest BCUT2D eigenvalue weighted by Crippen LogP contribution is -2.40. The predicted octanol–water partition coefficient (Wildman–Crippen LogP) is 6.87. The Morgan fingerprint density at radius 2 is 0.783 bits per heavy atom. The molecular weight excluding hydrogens is 773 g/mol. The molecule has 0 heterocycles. The molecule has 13 heteroatoms. The van der Waals surface area contributed by atoms with Crippen LogP contribution >= 0.6 is 0 Å². The van der Waals surface area contributed by atoms with E-state index in [1.165, 1.54) is 12.1 Å². The summed E-state index contributed by atoms with van der Waals surface area (Å²) in [5, 5.41) is 41.4. The van der Waals surface area contributed by atoms with Crippen LogP contribution < -0.4 is 0 Å². The van der Waals surface area contributed by atoms with E-state index in [1.54, 1.807) is 48.5 Å². The van der Waals surface area contributed by atoms with Gasteiger partial charge in [-0.2, -0.15) is 0 Å². The van der Waals surface area contributed by atoms with Crippen LogP contribution in [0, 0.1) is 0 Å². The van der Waals surface area contributed by atoms with Gasteiger partial charge in [-0.1, -0.05) is 99.2 Å². The van der Waals surface area contributed by atoms with Gasteiger partial charge < -0.3 is 29.9 Å². The second kappa shape index (κ2) is 18.7. The van der Waals surface area contributed by atoms with Crippen molar-refractivity contribution >= 4 is 41.2 Å². The van der Waals surface area contributed by atoms with Crippen LogP contribution in [0.2, 0.25) is 0 Å². The number of hydrogen-bond donors (Lipinski definition) is 4. The quantitative estimate of drug-likeness (QED) is 0.0671. The zero-order valence-electron chi connectivity index (χ0n) is 32.9. The number of Topliss-reactive ketones (excluding diaryl/α,β-unsaturated/α-hetero) is 2. The topological polar surface area (TPSA) is 219 Å². The highest BCUT2D eigenvalue weighted by molar-refractivity contribution is 6.13. The van der Waals surface area contributed by atoms with E-state index in [9.17, 15) is 54.0 Å². The van der Waals surface area contributed by atoms with Crippen molar-refractivity contribution in [1.82, 2.24) is 0 Å². The first kappa shape index (κ1) is 43.3. The summed E-state index contributed by atoms with van der Waals surface area (Å²) in [7, 11) is 0. The monoisotopic (exact) mass is 818 g/mol. The summed E-state index contributed by atoms with van der Waals surface area (Å²) in [6, 6.07) is 19.9. The van der Waals surface area contributed by atoms with Crippen molar-refractivity contribution < 1.29 is 63.5 Å². The fraction of sp³-hybridized carbons (Fsp3) is 0.340. The molecule has 60 heavy (non-hydrogen) atoms. The lowest BCUT2D eigenvalue weighted by Gasteiger charge is -2.30. The van der Waals surface area contributed by atoms with Gasteiger partial charge >= 0.3 is 23.9 Å². The molecule has 4 aromatic rings. The summed E-state index contributed by atoms with van der Waals surface area (Å²) in [4.78, 5) is 89.6. The van der Waals surface area contributed by atoms with Crippen LogP contribution in [0.3, 0.4) is 0 Å². The Kier molecular flexibility index (Phi) is 13.5. The number of hydrogen-bond acceptors (Lipinski definition) is 11. The van der Waals surface area contributed by atoms with E-state index in [-0.39, 0.29) is 59.9 Å². The van der Waals surface area contributed by atoms with Gasteiger partial charge in [0.1, 0.15) is 11.2 Å². The van der Waals surface area contributed by atoms with Crippen molar-refractivity contribution in [1.29, 1.82) is 0 Å². The number of carboxylic acid groups (broad SMARTS) is 2. The number of aromatic carboxylic acids is 2. The average molecular weight is 819 g/mol. The molecule has 2 aliphatic rings. The lowest BCUT2D eigenvalue weighted by atomic mass is 9.79. The first-order valence-corrected chi connectivity index (χ1v) is 20.0. The first-order chi connectivity index (χ1) is 28.7. The van der Waals surface area contributed by atoms with Crippen LogP contribution in [-0.4, -0.2) is 86.1 Å². The molecule has 0 amide bonds. The second-order valence-electron chi connectivity index (χ2n) is 15.5. The maximum Gasteiger partial charge on any atom is 0.339 e. The molecule has 4 aromatic carbocycles. The van der Waals surface area contributed by atoms with Gasteiger partial charge in [0.2, 0.25) is 0 Å². The van der Waals surface area contributed by atoms with Crippen LogP contribution in [-0.2, 0) is 22.3 Å². The van der Waals surface area contributed by atoms with Crippen LogP contribution in [0.1, 0.15) is 153 Å². The van der Waals surface area contributed by atoms with E-state index in [0.29, 0.717) is 36.8 Å². The molecule has 0 saturated heterocycles. The van der Waals surface area contributed by atoms with Gasteiger partial charge in [0.05, 0.1) is 35.5 Å². The molecule has 0 unspecified atom stereocenters. The van der Waals surface area contributed by atoms with Gasteiger partial charge in [0, 0.05) is 35.1 Å². The second-order valence-corrected chi connectivity index (χ2v) is 15.5. The molecule has 13 nitrogen and oxygen atoms in total. The summed E-state index contributed by atoms with van der Waals surface area (Å²) in [5.74, 6) is -6.32. The number of esters is 2. The van der Waals surface area contributed by atoms with E-state index in [0.717, 1.165) is 73.9 Å². The summed E-state index contributed by atoms with van der Waals surface area (Å²) < 4.78 is 10.7. The van der Waals surface area contributed by atoms with E-state index < -0.39 is 52.0 Å². The minimum absolute atomic E-state index is 0.121. The molecule has 312 valence electrons. The Balaban J connectivity index is 1.05. The van der Waals surface area contributed by atoms with Crippen molar-refractivity contribution in [3.05, 3.63) is 141 Å². The third-order valence-electron chi connectivity index (χ3n) is 11.4. The maximum absolute atomic E-state index is 13.5. The van der Waals surface area contributed by atoms with Crippen LogP contribution in [0.25, 0.3) is 0 Å². The minimum atomic E-state index is -1.51. The normalized spacial score (nSPS) is 15.6. The van der Waals surface area contributed by atoms with Crippen LogP contribution in [0.15, 0.2) is 84.9 Å². The van der Waals surface area contributed by atoms with Gasteiger partial charge in [0.25, 0.3) is 0 Å². The van der Waals surface area contributed by atoms with Gasteiger partial charge in [-0.3, -0.25) is 14.4 Å². The summed E-state index contributed by atoms with van der Waals surface area (Å²) in [6.07, 6.45) is 7.31. The molecule has 2 aliphatic carbocycles. The fourth-order valence-corrected chi connectivity index (χ4v) is 7.84. The molecule has 2 fully saturated rings. The number of carboxylic acids is 2. The molecule has 0 bridgehead atoms. The largest absolute Gasteiger partial charge is 0.478 e. The molecule has 0 atom stereocenters. The Morgan fingerprint density at radius 1 is 0.450 bits per heavy atom. The van der Waals surface area contributed by atoms with E-state index in [1.807, 2.05) is 0 Å². The smallest absolute Gasteiger partial charge is 0.339 e. The predicted molar refractivity (Wildman–Crippen MR) is 216 cm³/mol. The zero-order chi connectivity index (χ0) is 43.0. The number of benzene rings is 4. The van der Waals surface area contributed by atoms with Crippen molar-refractivity contribution in [2.45, 2.75) is 88.3 Å². The van der Waals surface area contributed by atoms with Crippen molar-refractivity contribution in [2.75, 3.05) is 13.2 Å². The SMILES string of the molecule is O=C(c1ccc(C(=O)OCCc2ccc(C(=O)C3(O)CCCCC3)cc2)c(C(=O)O)c1)c1ccc(C(=O)OCCc2ccc(C(=O)C3(O)CCCCC3)cc2)c(C(=O)O)c1. The number of carbonyl (C=O) groups is 7. The fourth-order valence-electron chi connectivity index (χ4n) is 7.84. The Hall–Kier alpha value is -6.31. The Morgan fingerprint density at radius 3 is 1.12 bits per heavy atom. The highest BCUT2D eigenvalue weighted by Crippen LogP contribution is 2.32.